The van der Waals surface area contributed by atoms with Crippen molar-refractivity contribution in [2.75, 3.05) is 36.4 Å². The Hall–Kier alpha value is -4.40. The number of fused-ring (bicyclic) bond motifs is 1. The molecule has 0 spiro atoms. The summed E-state index contributed by atoms with van der Waals surface area (Å²) in [4.78, 5) is 38.8. The average molecular weight is 472 g/mol. The van der Waals surface area contributed by atoms with E-state index < -0.39 is 6.10 Å². The highest BCUT2D eigenvalue weighted by Crippen LogP contribution is 2.32. The van der Waals surface area contributed by atoms with Crippen molar-refractivity contribution in [1.82, 2.24) is 14.9 Å². The molecule has 9 heteroatoms. The first-order chi connectivity index (χ1) is 17.1. The van der Waals surface area contributed by atoms with Gasteiger partial charge in [0.25, 0.3) is 11.8 Å². The molecule has 1 atom stereocenters. The van der Waals surface area contributed by atoms with Crippen LogP contribution >= 0.6 is 0 Å². The second-order valence-corrected chi connectivity index (χ2v) is 8.19. The van der Waals surface area contributed by atoms with Crippen molar-refractivity contribution in [3.8, 4) is 5.75 Å². The van der Waals surface area contributed by atoms with Crippen molar-refractivity contribution in [1.29, 1.82) is 0 Å². The Morgan fingerprint density at radius 1 is 0.943 bits per heavy atom. The molecule has 178 valence electrons. The van der Waals surface area contributed by atoms with E-state index >= 15 is 0 Å². The van der Waals surface area contributed by atoms with Crippen molar-refractivity contribution in [3.63, 3.8) is 0 Å². The number of nitrogens with one attached hydrogen (secondary N) is 1. The zero-order valence-electron chi connectivity index (χ0n) is 19.3. The Labute approximate surface area is 202 Å². The topological polar surface area (TPSA) is 101 Å². The van der Waals surface area contributed by atoms with Crippen molar-refractivity contribution in [2.24, 2.45) is 0 Å². The lowest BCUT2D eigenvalue weighted by Gasteiger charge is -2.34. The standard InChI is InChI=1S/C26H25N5O4/c1-18(34-19-8-3-2-4-9-19)24(32)29-22-20-10-5-6-11-21(20)35-23(22)25(33)30-14-16-31(17-15-30)26-27-12-7-13-28-26/h2-13,18H,14-17H2,1H3,(H,29,32)/t18-/m1/s1. The van der Waals surface area contributed by atoms with Crippen LogP contribution in [-0.4, -0.2) is 59.0 Å². The first kappa shape index (κ1) is 22.4. The smallest absolute Gasteiger partial charge is 0.291 e. The van der Waals surface area contributed by atoms with E-state index in [9.17, 15) is 9.59 Å². The minimum atomic E-state index is -0.775. The van der Waals surface area contributed by atoms with E-state index in [0.717, 1.165) is 0 Å². The van der Waals surface area contributed by atoms with Crippen LogP contribution in [0, 0.1) is 0 Å². The monoisotopic (exact) mass is 471 g/mol. The van der Waals surface area contributed by atoms with Crippen LogP contribution in [0.1, 0.15) is 17.5 Å². The highest BCUT2D eigenvalue weighted by atomic mass is 16.5. The molecule has 3 heterocycles. The summed E-state index contributed by atoms with van der Waals surface area (Å²) in [5, 5.41) is 3.53. The Morgan fingerprint density at radius 2 is 1.63 bits per heavy atom. The molecular formula is C26H25N5O4. The molecule has 2 aromatic carbocycles. The fraction of sp³-hybridized carbons (Fsp3) is 0.231. The van der Waals surface area contributed by atoms with Crippen LogP contribution in [0.2, 0.25) is 0 Å². The van der Waals surface area contributed by atoms with E-state index in [0.29, 0.717) is 54.5 Å². The van der Waals surface area contributed by atoms with Gasteiger partial charge < -0.3 is 24.3 Å². The highest BCUT2D eigenvalue weighted by molar-refractivity contribution is 6.11. The maximum absolute atomic E-state index is 13.5. The van der Waals surface area contributed by atoms with E-state index in [-0.39, 0.29) is 17.6 Å². The van der Waals surface area contributed by atoms with Crippen LogP contribution < -0.4 is 15.0 Å². The first-order valence-electron chi connectivity index (χ1n) is 11.5. The van der Waals surface area contributed by atoms with Gasteiger partial charge in [0.05, 0.1) is 0 Å². The zero-order chi connectivity index (χ0) is 24.2. The van der Waals surface area contributed by atoms with Gasteiger partial charge in [0.2, 0.25) is 11.7 Å². The molecule has 5 rings (SSSR count). The SMILES string of the molecule is C[C@@H](Oc1ccccc1)C(=O)Nc1c(C(=O)N2CCN(c3ncccn3)CC2)oc2ccccc12. The molecule has 2 aromatic heterocycles. The fourth-order valence-corrected chi connectivity index (χ4v) is 4.01. The van der Waals surface area contributed by atoms with Crippen molar-refractivity contribution < 1.29 is 18.7 Å². The Morgan fingerprint density at radius 3 is 2.37 bits per heavy atom. The summed E-state index contributed by atoms with van der Waals surface area (Å²) in [6.45, 7) is 3.82. The number of carbonyl (C=O) groups excluding carboxylic acids is 2. The quantitative estimate of drug-likeness (QED) is 0.459. The van der Waals surface area contributed by atoms with Crippen molar-refractivity contribution in [2.45, 2.75) is 13.0 Å². The number of nitrogens with zero attached hydrogens (tertiary/aromatic N) is 4. The van der Waals surface area contributed by atoms with E-state index in [1.165, 1.54) is 0 Å². The fourth-order valence-electron chi connectivity index (χ4n) is 4.01. The average Bonchev–Trinajstić information content (AvgIpc) is 3.27. The first-order valence-corrected chi connectivity index (χ1v) is 11.5. The predicted octanol–water partition coefficient (Wildman–Crippen LogP) is 3.59. The maximum Gasteiger partial charge on any atom is 0.291 e. The number of rotatable bonds is 6. The third-order valence-corrected chi connectivity index (χ3v) is 5.87. The minimum Gasteiger partial charge on any atom is -0.481 e. The molecule has 0 bridgehead atoms. The third kappa shape index (κ3) is 4.79. The molecule has 0 radical (unpaired) electrons. The molecular weight excluding hydrogens is 446 g/mol. The second kappa shape index (κ2) is 9.84. The number of amides is 2. The van der Waals surface area contributed by atoms with Gasteiger partial charge in [-0.25, -0.2) is 9.97 Å². The number of aromatic nitrogens is 2. The largest absolute Gasteiger partial charge is 0.481 e. The number of anilines is 2. The molecule has 9 nitrogen and oxygen atoms in total. The van der Waals surface area contributed by atoms with Gasteiger partial charge in [0.1, 0.15) is 17.0 Å². The van der Waals surface area contributed by atoms with Crippen LogP contribution in [-0.2, 0) is 4.79 Å². The number of carbonyl (C=O) groups is 2. The number of hydrogen-bond donors (Lipinski definition) is 1. The van der Waals surface area contributed by atoms with Gasteiger partial charge in [-0.3, -0.25) is 9.59 Å². The Bertz CT molecular complexity index is 1320. The molecule has 0 unspecified atom stereocenters. The van der Waals surface area contributed by atoms with Gasteiger partial charge in [0.15, 0.2) is 6.10 Å². The number of benzene rings is 2. The van der Waals surface area contributed by atoms with Crippen LogP contribution in [0.15, 0.2) is 77.5 Å². The maximum atomic E-state index is 13.5. The molecule has 4 aromatic rings. The summed E-state index contributed by atoms with van der Waals surface area (Å²) in [5.41, 5.74) is 0.882. The normalized spacial score (nSPS) is 14.5. The summed E-state index contributed by atoms with van der Waals surface area (Å²) >= 11 is 0. The van der Waals surface area contributed by atoms with Crippen molar-refractivity contribution in [3.05, 3.63) is 78.8 Å². The zero-order valence-corrected chi connectivity index (χ0v) is 19.3. The number of ether oxygens (including phenoxy) is 1. The van der Waals surface area contributed by atoms with Gasteiger partial charge in [-0.1, -0.05) is 30.3 Å². The summed E-state index contributed by atoms with van der Waals surface area (Å²) in [6.07, 6.45) is 2.63. The van der Waals surface area contributed by atoms with Gasteiger partial charge >= 0.3 is 0 Å². The molecule has 0 aliphatic carbocycles. The lowest BCUT2D eigenvalue weighted by molar-refractivity contribution is -0.122. The second-order valence-electron chi connectivity index (χ2n) is 8.19. The van der Waals surface area contributed by atoms with Gasteiger partial charge in [-0.2, -0.15) is 0 Å². The Balaban J connectivity index is 1.34. The van der Waals surface area contributed by atoms with Crippen LogP contribution in [0.5, 0.6) is 5.75 Å². The highest BCUT2D eigenvalue weighted by Gasteiger charge is 2.30. The van der Waals surface area contributed by atoms with E-state index in [2.05, 4.69) is 15.3 Å². The lowest BCUT2D eigenvalue weighted by Crippen LogP contribution is -2.49. The van der Waals surface area contributed by atoms with E-state index in [4.69, 9.17) is 9.15 Å². The third-order valence-electron chi connectivity index (χ3n) is 5.87. The number of hydrogen-bond acceptors (Lipinski definition) is 7. The molecule has 1 fully saturated rings. The van der Waals surface area contributed by atoms with Gasteiger partial charge in [-0.15, -0.1) is 0 Å². The Kier molecular flexibility index (Phi) is 6.30. The van der Waals surface area contributed by atoms with Crippen LogP contribution in [0.25, 0.3) is 11.0 Å². The van der Waals surface area contributed by atoms with Crippen LogP contribution in [0.4, 0.5) is 11.6 Å². The summed E-state index contributed by atoms with van der Waals surface area (Å²) in [5.74, 6) is 0.686. The number of piperazine rings is 1. The molecule has 2 amide bonds. The minimum absolute atomic E-state index is 0.107. The molecule has 0 saturated carbocycles. The molecule has 1 aliphatic rings. The lowest BCUT2D eigenvalue weighted by atomic mass is 10.2. The van der Waals surface area contributed by atoms with Crippen LogP contribution in [0.3, 0.4) is 0 Å². The molecule has 1 N–H and O–H groups in total. The molecule has 35 heavy (non-hydrogen) atoms. The molecule has 1 saturated heterocycles. The number of furan rings is 1. The van der Waals surface area contributed by atoms with E-state index in [1.807, 2.05) is 41.3 Å². The number of para-hydroxylation sites is 2. The summed E-state index contributed by atoms with van der Waals surface area (Å²) < 4.78 is 11.7. The predicted molar refractivity (Wildman–Crippen MR) is 132 cm³/mol. The summed E-state index contributed by atoms with van der Waals surface area (Å²) in [7, 11) is 0. The van der Waals surface area contributed by atoms with Gasteiger partial charge in [-0.05, 0) is 37.3 Å². The summed E-state index contributed by atoms with van der Waals surface area (Å²) in [6, 6.07) is 18.1. The molecule has 1 aliphatic heterocycles. The van der Waals surface area contributed by atoms with Gasteiger partial charge in [0, 0.05) is 44.0 Å². The van der Waals surface area contributed by atoms with Crippen molar-refractivity contribution >= 4 is 34.4 Å². The van der Waals surface area contributed by atoms with E-state index in [1.54, 1.807) is 48.5 Å².